The number of rotatable bonds is 6. The zero-order valence-corrected chi connectivity index (χ0v) is 11.0. The largest absolute Gasteiger partial charge is 0.324 e. The number of benzene rings is 1. The quantitative estimate of drug-likeness (QED) is 0.817. The SMILES string of the molecule is CC[C@H]1C[C@]1(N)CN(CC)Cc1ccccc1. The van der Waals surface area contributed by atoms with Crippen molar-refractivity contribution < 1.29 is 0 Å². The molecule has 0 aliphatic heterocycles. The van der Waals surface area contributed by atoms with Crippen LogP contribution in [0.3, 0.4) is 0 Å². The molecule has 94 valence electrons. The standard InChI is InChI=1S/C15H24N2/c1-3-14-10-15(14,16)12-17(4-2)11-13-8-6-5-7-9-13/h5-9,14H,3-4,10-12,16H2,1-2H3/t14-,15-/m0/s1. The Morgan fingerprint density at radius 3 is 2.53 bits per heavy atom. The summed E-state index contributed by atoms with van der Waals surface area (Å²) in [6, 6.07) is 10.7. The van der Waals surface area contributed by atoms with Crippen molar-refractivity contribution in [2.24, 2.45) is 11.7 Å². The first-order valence-electron chi connectivity index (χ1n) is 6.73. The number of nitrogens with zero attached hydrogens (tertiary/aromatic N) is 1. The maximum absolute atomic E-state index is 6.39. The lowest BCUT2D eigenvalue weighted by Crippen LogP contribution is -2.40. The molecule has 0 saturated heterocycles. The second-order valence-electron chi connectivity index (χ2n) is 5.33. The average molecular weight is 232 g/mol. The van der Waals surface area contributed by atoms with Crippen LogP contribution in [0.1, 0.15) is 32.3 Å². The molecule has 0 radical (unpaired) electrons. The molecule has 1 aromatic rings. The Hall–Kier alpha value is -0.860. The fraction of sp³-hybridized carbons (Fsp3) is 0.600. The molecule has 0 heterocycles. The minimum Gasteiger partial charge on any atom is -0.324 e. The van der Waals surface area contributed by atoms with Gasteiger partial charge >= 0.3 is 0 Å². The van der Waals surface area contributed by atoms with E-state index >= 15 is 0 Å². The van der Waals surface area contributed by atoms with Crippen LogP contribution >= 0.6 is 0 Å². The van der Waals surface area contributed by atoms with Crippen LogP contribution in [0.25, 0.3) is 0 Å². The molecule has 17 heavy (non-hydrogen) atoms. The summed E-state index contributed by atoms with van der Waals surface area (Å²) in [5.41, 5.74) is 7.87. The second-order valence-corrected chi connectivity index (χ2v) is 5.33. The van der Waals surface area contributed by atoms with Crippen LogP contribution in [0.5, 0.6) is 0 Å². The van der Waals surface area contributed by atoms with Gasteiger partial charge in [-0.25, -0.2) is 0 Å². The highest BCUT2D eigenvalue weighted by Crippen LogP contribution is 2.43. The molecule has 0 unspecified atom stereocenters. The van der Waals surface area contributed by atoms with Crippen LogP contribution in [-0.2, 0) is 6.54 Å². The molecule has 1 aliphatic carbocycles. The number of hydrogen-bond donors (Lipinski definition) is 1. The van der Waals surface area contributed by atoms with Gasteiger partial charge in [0.05, 0.1) is 0 Å². The Bertz CT molecular complexity index is 349. The van der Waals surface area contributed by atoms with E-state index in [1.54, 1.807) is 0 Å². The van der Waals surface area contributed by atoms with Crippen molar-refractivity contribution in [3.05, 3.63) is 35.9 Å². The van der Waals surface area contributed by atoms with Crippen LogP contribution in [0.15, 0.2) is 30.3 Å². The molecule has 2 atom stereocenters. The fourth-order valence-corrected chi connectivity index (χ4v) is 2.68. The molecule has 0 bridgehead atoms. The van der Waals surface area contributed by atoms with Crippen molar-refractivity contribution in [1.29, 1.82) is 0 Å². The first kappa shape index (κ1) is 12.6. The summed E-state index contributed by atoms with van der Waals surface area (Å²) in [4.78, 5) is 2.46. The van der Waals surface area contributed by atoms with Crippen molar-refractivity contribution in [3.63, 3.8) is 0 Å². The lowest BCUT2D eigenvalue weighted by molar-refractivity contribution is 0.247. The zero-order chi connectivity index (χ0) is 12.3. The van der Waals surface area contributed by atoms with E-state index in [-0.39, 0.29) is 5.54 Å². The summed E-state index contributed by atoms with van der Waals surface area (Å²) in [6.07, 6.45) is 2.42. The Labute approximate surface area is 105 Å². The lowest BCUT2D eigenvalue weighted by Gasteiger charge is -2.25. The summed E-state index contributed by atoms with van der Waals surface area (Å²) in [5, 5.41) is 0. The van der Waals surface area contributed by atoms with Crippen LogP contribution in [0.2, 0.25) is 0 Å². The third kappa shape index (κ3) is 3.08. The highest BCUT2D eigenvalue weighted by molar-refractivity contribution is 5.15. The van der Waals surface area contributed by atoms with E-state index in [1.165, 1.54) is 18.4 Å². The van der Waals surface area contributed by atoms with E-state index in [9.17, 15) is 0 Å². The van der Waals surface area contributed by atoms with Gasteiger partial charge in [0.2, 0.25) is 0 Å². The summed E-state index contributed by atoms with van der Waals surface area (Å²) in [6.45, 7) is 7.59. The molecule has 2 nitrogen and oxygen atoms in total. The molecule has 0 aromatic heterocycles. The Balaban J connectivity index is 1.90. The van der Waals surface area contributed by atoms with Gasteiger partial charge in [-0.1, -0.05) is 50.6 Å². The van der Waals surface area contributed by atoms with Crippen LogP contribution in [-0.4, -0.2) is 23.5 Å². The Morgan fingerprint density at radius 1 is 1.29 bits per heavy atom. The van der Waals surface area contributed by atoms with Gasteiger partial charge in [-0.05, 0) is 24.4 Å². The maximum Gasteiger partial charge on any atom is 0.0316 e. The van der Waals surface area contributed by atoms with Gasteiger partial charge in [-0.15, -0.1) is 0 Å². The lowest BCUT2D eigenvalue weighted by atomic mass is 10.1. The molecule has 0 spiro atoms. The minimum atomic E-state index is 0.0968. The average Bonchev–Trinajstić information content (AvgIpc) is 3.00. The Kier molecular flexibility index (Phi) is 3.85. The predicted octanol–water partition coefficient (Wildman–Crippen LogP) is 2.64. The van der Waals surface area contributed by atoms with Gasteiger partial charge in [-0.3, -0.25) is 4.90 Å². The van der Waals surface area contributed by atoms with Gasteiger partial charge in [-0.2, -0.15) is 0 Å². The minimum absolute atomic E-state index is 0.0968. The highest BCUT2D eigenvalue weighted by atomic mass is 15.2. The number of nitrogens with two attached hydrogens (primary N) is 1. The van der Waals surface area contributed by atoms with Gasteiger partial charge in [0, 0.05) is 18.6 Å². The van der Waals surface area contributed by atoms with E-state index in [0.717, 1.165) is 25.6 Å². The zero-order valence-electron chi connectivity index (χ0n) is 11.0. The van der Waals surface area contributed by atoms with Gasteiger partial charge < -0.3 is 5.73 Å². The van der Waals surface area contributed by atoms with E-state index in [1.807, 2.05) is 0 Å². The smallest absolute Gasteiger partial charge is 0.0316 e. The van der Waals surface area contributed by atoms with Gasteiger partial charge in [0.25, 0.3) is 0 Å². The van der Waals surface area contributed by atoms with Gasteiger partial charge in [0.1, 0.15) is 0 Å². The number of likely N-dealkylation sites (N-methyl/N-ethyl adjacent to an activating group) is 1. The second kappa shape index (κ2) is 5.19. The first-order chi connectivity index (χ1) is 8.18. The molecule has 2 rings (SSSR count). The van der Waals surface area contributed by atoms with E-state index in [4.69, 9.17) is 5.73 Å². The molecule has 1 saturated carbocycles. The van der Waals surface area contributed by atoms with E-state index < -0.39 is 0 Å². The maximum atomic E-state index is 6.39. The summed E-state index contributed by atoms with van der Waals surface area (Å²) < 4.78 is 0. The van der Waals surface area contributed by atoms with E-state index in [2.05, 4.69) is 49.1 Å². The van der Waals surface area contributed by atoms with Crippen molar-refractivity contribution in [1.82, 2.24) is 4.90 Å². The van der Waals surface area contributed by atoms with Crippen molar-refractivity contribution >= 4 is 0 Å². The molecule has 1 aromatic carbocycles. The van der Waals surface area contributed by atoms with Crippen molar-refractivity contribution in [2.75, 3.05) is 13.1 Å². The highest BCUT2D eigenvalue weighted by Gasteiger charge is 2.49. The molecular weight excluding hydrogens is 208 g/mol. The van der Waals surface area contributed by atoms with Crippen molar-refractivity contribution in [2.45, 2.75) is 38.8 Å². The first-order valence-corrected chi connectivity index (χ1v) is 6.73. The third-order valence-corrected chi connectivity index (χ3v) is 3.99. The monoisotopic (exact) mass is 232 g/mol. The third-order valence-electron chi connectivity index (χ3n) is 3.99. The summed E-state index contributed by atoms with van der Waals surface area (Å²) in [5.74, 6) is 0.743. The topological polar surface area (TPSA) is 29.3 Å². The van der Waals surface area contributed by atoms with Crippen molar-refractivity contribution in [3.8, 4) is 0 Å². The normalized spacial score (nSPS) is 27.4. The van der Waals surface area contributed by atoms with Crippen LogP contribution < -0.4 is 5.73 Å². The predicted molar refractivity (Wildman–Crippen MR) is 72.7 cm³/mol. The molecule has 2 N–H and O–H groups in total. The molecule has 0 amide bonds. The summed E-state index contributed by atoms with van der Waals surface area (Å²) >= 11 is 0. The molecule has 1 fully saturated rings. The van der Waals surface area contributed by atoms with Crippen LogP contribution in [0.4, 0.5) is 0 Å². The molecule has 1 aliphatic rings. The van der Waals surface area contributed by atoms with Crippen LogP contribution in [0, 0.1) is 5.92 Å². The Morgan fingerprint density at radius 2 is 2.00 bits per heavy atom. The van der Waals surface area contributed by atoms with E-state index in [0.29, 0.717) is 0 Å². The fourth-order valence-electron chi connectivity index (χ4n) is 2.68. The molecule has 2 heteroatoms. The number of hydrogen-bond acceptors (Lipinski definition) is 2. The van der Waals surface area contributed by atoms with Gasteiger partial charge in [0.15, 0.2) is 0 Å². The summed E-state index contributed by atoms with van der Waals surface area (Å²) in [7, 11) is 0. The molecular formula is C15H24N2.